The molecule has 2 aromatic rings. The fraction of sp³-hybridized carbons (Fsp3) is 0.583. The highest BCUT2D eigenvalue weighted by Gasteiger charge is 2.26. The van der Waals surface area contributed by atoms with Gasteiger partial charge in [-0.3, -0.25) is 4.90 Å². The van der Waals surface area contributed by atoms with Crippen molar-refractivity contribution in [2.75, 3.05) is 19.6 Å². The second-order valence-corrected chi connectivity index (χ2v) is 8.98. The van der Waals surface area contributed by atoms with Crippen LogP contribution in [0, 0.1) is 16.7 Å². The molecule has 1 N–H and O–H groups in total. The zero-order chi connectivity index (χ0) is 21.2. The fourth-order valence-corrected chi connectivity index (χ4v) is 4.18. The molecule has 1 aliphatic rings. The van der Waals surface area contributed by atoms with E-state index in [-0.39, 0.29) is 0 Å². The van der Waals surface area contributed by atoms with E-state index >= 15 is 0 Å². The number of fused-ring (bicyclic) bond motifs is 1. The number of imidazole rings is 1. The molecule has 0 radical (unpaired) electrons. The molecule has 1 aromatic carbocycles. The molecular formula is C24H35N5. The molecule has 1 unspecified atom stereocenters. The van der Waals surface area contributed by atoms with Gasteiger partial charge in [-0.05, 0) is 56.9 Å². The van der Waals surface area contributed by atoms with Crippen molar-refractivity contribution in [1.29, 1.82) is 5.26 Å². The lowest BCUT2D eigenvalue weighted by atomic mass is 9.95. The van der Waals surface area contributed by atoms with Gasteiger partial charge in [0.15, 0.2) is 0 Å². The Kier molecular flexibility index (Phi) is 6.45. The van der Waals surface area contributed by atoms with Crippen LogP contribution in [-0.2, 0) is 19.5 Å². The van der Waals surface area contributed by atoms with E-state index in [0.29, 0.717) is 12.6 Å². The van der Waals surface area contributed by atoms with Gasteiger partial charge in [-0.1, -0.05) is 26.0 Å². The molecule has 1 saturated heterocycles. The highest BCUT2D eigenvalue weighted by Crippen LogP contribution is 2.29. The Morgan fingerprint density at radius 3 is 2.76 bits per heavy atom. The van der Waals surface area contributed by atoms with Crippen molar-refractivity contribution in [3.8, 4) is 6.07 Å². The van der Waals surface area contributed by atoms with Gasteiger partial charge >= 0.3 is 0 Å². The van der Waals surface area contributed by atoms with Gasteiger partial charge in [-0.25, -0.2) is 4.98 Å². The molecule has 156 valence electrons. The summed E-state index contributed by atoms with van der Waals surface area (Å²) in [7, 11) is 0. The minimum absolute atomic E-state index is 0.457. The summed E-state index contributed by atoms with van der Waals surface area (Å²) in [5.41, 5.74) is 5.21. The average Bonchev–Trinajstić information content (AvgIpc) is 3.04. The molecule has 0 bridgehead atoms. The molecule has 0 aliphatic carbocycles. The van der Waals surface area contributed by atoms with Crippen molar-refractivity contribution in [3.63, 3.8) is 0 Å². The Balaban J connectivity index is 2.14. The van der Waals surface area contributed by atoms with Crippen molar-refractivity contribution >= 4 is 16.6 Å². The molecule has 5 heteroatoms. The minimum Gasteiger partial charge on any atom is -0.325 e. The van der Waals surface area contributed by atoms with E-state index in [4.69, 9.17) is 4.98 Å². The maximum absolute atomic E-state index is 9.68. The number of hydrogen-bond donors (Lipinski definition) is 1. The van der Waals surface area contributed by atoms with Crippen LogP contribution in [0.25, 0.3) is 16.6 Å². The molecule has 1 atom stereocenters. The number of nitriles is 1. The highest BCUT2D eigenvalue weighted by atomic mass is 15.2. The summed E-state index contributed by atoms with van der Waals surface area (Å²) in [5, 5.41) is 13.2. The third-order valence-electron chi connectivity index (χ3n) is 6.03. The molecule has 2 heterocycles. The van der Waals surface area contributed by atoms with E-state index in [1.54, 1.807) is 0 Å². The van der Waals surface area contributed by atoms with Gasteiger partial charge in [0.1, 0.15) is 5.82 Å². The quantitative estimate of drug-likeness (QED) is 0.759. The molecule has 1 fully saturated rings. The van der Waals surface area contributed by atoms with Crippen LogP contribution in [0.4, 0.5) is 0 Å². The second kappa shape index (κ2) is 8.69. The summed E-state index contributed by atoms with van der Waals surface area (Å²) < 4.78 is 2.29. The van der Waals surface area contributed by atoms with Crippen LogP contribution in [0.15, 0.2) is 18.7 Å². The Hall–Kier alpha value is -2.16. The van der Waals surface area contributed by atoms with Crippen LogP contribution >= 0.6 is 0 Å². The lowest BCUT2D eigenvalue weighted by molar-refractivity contribution is 0.143. The first kappa shape index (κ1) is 21.5. The predicted octanol–water partition coefficient (Wildman–Crippen LogP) is 4.37. The van der Waals surface area contributed by atoms with Crippen LogP contribution in [0.2, 0.25) is 0 Å². The summed E-state index contributed by atoms with van der Waals surface area (Å²) in [5.74, 6) is 1.07. The van der Waals surface area contributed by atoms with E-state index in [0.717, 1.165) is 67.0 Å². The van der Waals surface area contributed by atoms with E-state index < -0.39 is 5.41 Å². The third kappa shape index (κ3) is 4.55. The Bertz CT molecular complexity index is 931. The van der Waals surface area contributed by atoms with Gasteiger partial charge in [-0.15, -0.1) is 0 Å². The van der Waals surface area contributed by atoms with Gasteiger partial charge in [0, 0.05) is 32.2 Å². The first-order chi connectivity index (χ1) is 13.8. The molecule has 0 spiro atoms. The number of piperazine rings is 1. The average molecular weight is 394 g/mol. The van der Waals surface area contributed by atoms with E-state index in [2.05, 4.69) is 53.4 Å². The number of nitrogens with zero attached hydrogens (tertiary/aromatic N) is 4. The normalized spacial score (nSPS) is 18.1. The molecule has 3 rings (SSSR count). The van der Waals surface area contributed by atoms with E-state index in [1.807, 2.05) is 20.8 Å². The maximum Gasteiger partial charge on any atom is 0.124 e. The number of aryl methyl sites for hydroxylation is 1. The second-order valence-electron chi connectivity index (χ2n) is 8.98. The number of benzene rings is 1. The van der Waals surface area contributed by atoms with E-state index in [9.17, 15) is 5.26 Å². The van der Waals surface area contributed by atoms with Gasteiger partial charge in [0.2, 0.25) is 0 Å². The summed E-state index contributed by atoms with van der Waals surface area (Å²) in [6.45, 7) is 19.2. The lowest BCUT2D eigenvalue weighted by Gasteiger charge is -2.35. The third-order valence-corrected chi connectivity index (χ3v) is 6.03. The largest absolute Gasteiger partial charge is 0.325 e. The van der Waals surface area contributed by atoms with Crippen molar-refractivity contribution in [3.05, 3.63) is 35.7 Å². The summed E-state index contributed by atoms with van der Waals surface area (Å²) in [6.07, 6.45) is 2.05. The van der Waals surface area contributed by atoms with Crippen LogP contribution in [0.5, 0.6) is 0 Å². The first-order valence-corrected chi connectivity index (χ1v) is 10.8. The summed E-state index contributed by atoms with van der Waals surface area (Å²) in [6, 6.07) is 7.42. The van der Waals surface area contributed by atoms with E-state index in [1.165, 1.54) is 5.56 Å². The first-order valence-electron chi connectivity index (χ1n) is 10.8. The van der Waals surface area contributed by atoms with Crippen molar-refractivity contribution in [2.45, 2.75) is 66.6 Å². The molecular weight excluding hydrogens is 358 g/mol. The number of aromatic nitrogens is 2. The molecule has 1 aromatic heterocycles. The van der Waals surface area contributed by atoms with Crippen LogP contribution < -0.4 is 5.32 Å². The van der Waals surface area contributed by atoms with Gasteiger partial charge < -0.3 is 9.88 Å². The SMILES string of the molecule is C=C(C)c1cc(CC)c2nc(CN3CCNCC3CC)n(CC(C)(C)C#N)c2c1. The van der Waals surface area contributed by atoms with Crippen molar-refractivity contribution in [2.24, 2.45) is 5.41 Å². The number of hydrogen-bond acceptors (Lipinski definition) is 4. The lowest BCUT2D eigenvalue weighted by Crippen LogP contribution is -2.50. The monoisotopic (exact) mass is 393 g/mol. The van der Waals surface area contributed by atoms with Gasteiger partial charge in [0.05, 0.1) is 29.1 Å². The highest BCUT2D eigenvalue weighted by molar-refractivity contribution is 5.84. The summed E-state index contributed by atoms with van der Waals surface area (Å²) >= 11 is 0. The van der Waals surface area contributed by atoms with Crippen LogP contribution in [-0.4, -0.2) is 40.1 Å². The van der Waals surface area contributed by atoms with Crippen molar-refractivity contribution < 1.29 is 0 Å². The smallest absolute Gasteiger partial charge is 0.124 e. The van der Waals surface area contributed by atoms with Crippen molar-refractivity contribution in [1.82, 2.24) is 19.8 Å². The predicted molar refractivity (Wildman–Crippen MR) is 121 cm³/mol. The molecule has 0 saturated carbocycles. The Labute approximate surface area is 175 Å². The molecule has 0 amide bonds. The Morgan fingerprint density at radius 1 is 1.38 bits per heavy atom. The maximum atomic E-state index is 9.68. The summed E-state index contributed by atoms with van der Waals surface area (Å²) in [4.78, 5) is 7.67. The Morgan fingerprint density at radius 2 is 2.14 bits per heavy atom. The van der Waals surface area contributed by atoms with Crippen LogP contribution in [0.1, 0.15) is 58.0 Å². The minimum atomic E-state index is -0.457. The zero-order valence-corrected chi connectivity index (χ0v) is 18.7. The fourth-order valence-electron chi connectivity index (χ4n) is 4.18. The zero-order valence-electron chi connectivity index (χ0n) is 18.7. The topological polar surface area (TPSA) is 56.9 Å². The van der Waals surface area contributed by atoms with Gasteiger partial charge in [0.25, 0.3) is 0 Å². The molecule has 5 nitrogen and oxygen atoms in total. The number of nitrogens with one attached hydrogen (secondary N) is 1. The molecule has 1 aliphatic heterocycles. The van der Waals surface area contributed by atoms with Gasteiger partial charge in [-0.2, -0.15) is 5.26 Å². The number of allylic oxidation sites excluding steroid dienone is 1. The number of rotatable bonds is 7. The molecule has 29 heavy (non-hydrogen) atoms. The van der Waals surface area contributed by atoms with Crippen LogP contribution in [0.3, 0.4) is 0 Å². The standard InChI is InChI=1S/C24H35N5/c1-7-18-11-19(17(3)4)12-21-23(18)27-22(29(21)16-24(5,6)15-25)14-28-10-9-26-13-20(28)8-2/h11-12,20,26H,3,7-10,13-14,16H2,1-2,4-6H3.